The summed E-state index contributed by atoms with van der Waals surface area (Å²) in [5, 5.41) is 0. The number of ketones is 1. The van der Waals surface area contributed by atoms with Crippen molar-refractivity contribution in [3.63, 3.8) is 0 Å². The predicted molar refractivity (Wildman–Crippen MR) is 78.1 cm³/mol. The van der Waals surface area contributed by atoms with Gasteiger partial charge in [-0.3, -0.25) is 14.6 Å². The van der Waals surface area contributed by atoms with Gasteiger partial charge in [-0.05, 0) is 12.0 Å². The SMILES string of the molecule is CCCC(=O)CN1CCN(Cc2ccccc2)CC1. The summed E-state index contributed by atoms with van der Waals surface area (Å²) in [6, 6.07) is 10.6. The third-order valence-electron chi connectivity index (χ3n) is 3.64. The molecule has 1 aliphatic heterocycles. The zero-order valence-electron chi connectivity index (χ0n) is 11.8. The average molecular weight is 260 g/mol. The second-order valence-electron chi connectivity index (χ2n) is 5.33. The van der Waals surface area contributed by atoms with E-state index in [1.54, 1.807) is 0 Å². The van der Waals surface area contributed by atoms with E-state index in [1.807, 2.05) is 0 Å². The summed E-state index contributed by atoms with van der Waals surface area (Å²) in [6.07, 6.45) is 1.69. The van der Waals surface area contributed by atoms with Crippen molar-refractivity contribution < 1.29 is 4.79 Å². The van der Waals surface area contributed by atoms with Crippen molar-refractivity contribution >= 4 is 5.78 Å². The Hall–Kier alpha value is -1.19. The van der Waals surface area contributed by atoms with Crippen molar-refractivity contribution in [2.45, 2.75) is 26.3 Å². The smallest absolute Gasteiger partial charge is 0.146 e. The summed E-state index contributed by atoms with van der Waals surface area (Å²) in [7, 11) is 0. The number of Topliss-reactive ketones (excluding diaryl/α,β-unsaturated/α-hetero) is 1. The van der Waals surface area contributed by atoms with E-state index >= 15 is 0 Å². The van der Waals surface area contributed by atoms with Crippen LogP contribution in [0.5, 0.6) is 0 Å². The molecule has 0 saturated carbocycles. The fourth-order valence-corrected chi connectivity index (χ4v) is 2.55. The van der Waals surface area contributed by atoms with Crippen molar-refractivity contribution in [1.82, 2.24) is 9.80 Å². The molecule has 3 heteroatoms. The van der Waals surface area contributed by atoms with Crippen molar-refractivity contribution in [2.24, 2.45) is 0 Å². The third-order valence-corrected chi connectivity index (χ3v) is 3.64. The van der Waals surface area contributed by atoms with Crippen LogP contribution in [0.3, 0.4) is 0 Å². The second-order valence-corrected chi connectivity index (χ2v) is 5.33. The van der Waals surface area contributed by atoms with Crippen molar-refractivity contribution in [2.75, 3.05) is 32.7 Å². The minimum Gasteiger partial charge on any atom is -0.298 e. The molecule has 0 aliphatic carbocycles. The number of carbonyl (C=O) groups excluding carboxylic acids is 1. The Morgan fingerprint density at radius 1 is 1.05 bits per heavy atom. The highest BCUT2D eigenvalue weighted by molar-refractivity contribution is 5.80. The van der Waals surface area contributed by atoms with Gasteiger partial charge in [0.15, 0.2) is 0 Å². The van der Waals surface area contributed by atoms with Gasteiger partial charge in [0.25, 0.3) is 0 Å². The largest absolute Gasteiger partial charge is 0.298 e. The molecule has 1 saturated heterocycles. The number of nitrogens with zero attached hydrogens (tertiary/aromatic N) is 2. The fourth-order valence-electron chi connectivity index (χ4n) is 2.55. The molecule has 1 fully saturated rings. The molecule has 0 atom stereocenters. The van der Waals surface area contributed by atoms with Gasteiger partial charge in [0.05, 0.1) is 6.54 Å². The Labute approximate surface area is 116 Å². The van der Waals surface area contributed by atoms with Gasteiger partial charge >= 0.3 is 0 Å². The third kappa shape index (κ3) is 4.77. The van der Waals surface area contributed by atoms with Crippen LogP contribution < -0.4 is 0 Å². The lowest BCUT2D eigenvalue weighted by molar-refractivity contribution is -0.120. The van der Waals surface area contributed by atoms with Crippen LogP contribution >= 0.6 is 0 Å². The summed E-state index contributed by atoms with van der Waals surface area (Å²) in [5.74, 6) is 0.388. The zero-order chi connectivity index (χ0) is 13.5. The predicted octanol–water partition coefficient (Wildman–Crippen LogP) is 2.17. The van der Waals surface area contributed by atoms with Gasteiger partial charge in [-0.2, -0.15) is 0 Å². The molecule has 0 radical (unpaired) electrons. The molecule has 0 aromatic heterocycles. The van der Waals surface area contributed by atoms with Gasteiger partial charge in [0.2, 0.25) is 0 Å². The van der Waals surface area contributed by atoms with Crippen LogP contribution in [0.2, 0.25) is 0 Å². The lowest BCUT2D eigenvalue weighted by Gasteiger charge is -2.34. The lowest BCUT2D eigenvalue weighted by atomic mass is 10.2. The Morgan fingerprint density at radius 3 is 2.32 bits per heavy atom. The van der Waals surface area contributed by atoms with Gasteiger partial charge in [0.1, 0.15) is 5.78 Å². The topological polar surface area (TPSA) is 23.6 Å². The van der Waals surface area contributed by atoms with E-state index in [0.717, 1.165) is 45.6 Å². The minimum atomic E-state index is 0.388. The number of rotatable bonds is 6. The fraction of sp³-hybridized carbons (Fsp3) is 0.562. The molecule has 1 aromatic rings. The molecule has 104 valence electrons. The van der Waals surface area contributed by atoms with Gasteiger partial charge in [-0.25, -0.2) is 0 Å². The Morgan fingerprint density at radius 2 is 1.68 bits per heavy atom. The van der Waals surface area contributed by atoms with Crippen LogP contribution in [-0.4, -0.2) is 48.3 Å². The van der Waals surface area contributed by atoms with Crippen molar-refractivity contribution in [3.8, 4) is 0 Å². The monoisotopic (exact) mass is 260 g/mol. The molecule has 1 heterocycles. The molecule has 0 amide bonds. The molecule has 0 spiro atoms. The van der Waals surface area contributed by atoms with Crippen LogP contribution in [0.15, 0.2) is 30.3 Å². The first-order valence-corrected chi connectivity index (χ1v) is 7.28. The maximum absolute atomic E-state index is 11.6. The minimum absolute atomic E-state index is 0.388. The first-order chi connectivity index (χ1) is 9.28. The van der Waals surface area contributed by atoms with Gasteiger partial charge in [-0.1, -0.05) is 37.3 Å². The van der Waals surface area contributed by atoms with E-state index in [0.29, 0.717) is 12.3 Å². The first-order valence-electron chi connectivity index (χ1n) is 7.28. The zero-order valence-corrected chi connectivity index (χ0v) is 11.8. The van der Waals surface area contributed by atoms with E-state index in [9.17, 15) is 4.79 Å². The van der Waals surface area contributed by atoms with Gasteiger partial charge < -0.3 is 0 Å². The molecule has 0 bridgehead atoms. The highest BCUT2D eigenvalue weighted by Crippen LogP contribution is 2.08. The molecule has 1 aromatic carbocycles. The second kappa shape index (κ2) is 7.41. The lowest BCUT2D eigenvalue weighted by Crippen LogP contribution is -2.47. The molecule has 19 heavy (non-hydrogen) atoms. The number of benzene rings is 1. The molecule has 0 N–H and O–H groups in total. The molecule has 1 aliphatic rings. The van der Waals surface area contributed by atoms with Gasteiger partial charge in [0, 0.05) is 39.1 Å². The summed E-state index contributed by atoms with van der Waals surface area (Å²) < 4.78 is 0. The standard InChI is InChI=1S/C16H24N2O/c1-2-6-16(19)14-18-11-9-17(10-12-18)13-15-7-4-3-5-8-15/h3-5,7-8H,2,6,9-14H2,1H3. The number of hydrogen-bond donors (Lipinski definition) is 0. The van der Waals surface area contributed by atoms with Crippen molar-refractivity contribution in [3.05, 3.63) is 35.9 Å². The van der Waals surface area contributed by atoms with Crippen LogP contribution in [0.1, 0.15) is 25.3 Å². The van der Waals surface area contributed by atoms with Crippen molar-refractivity contribution in [1.29, 1.82) is 0 Å². The molecular formula is C16H24N2O. The quantitative estimate of drug-likeness (QED) is 0.783. The average Bonchev–Trinajstić information content (AvgIpc) is 2.42. The molecule has 3 nitrogen and oxygen atoms in total. The van der Waals surface area contributed by atoms with E-state index < -0.39 is 0 Å². The van der Waals surface area contributed by atoms with E-state index in [4.69, 9.17) is 0 Å². The highest BCUT2D eigenvalue weighted by atomic mass is 16.1. The summed E-state index contributed by atoms with van der Waals surface area (Å²) in [4.78, 5) is 16.4. The summed E-state index contributed by atoms with van der Waals surface area (Å²) in [5.41, 5.74) is 1.37. The first kappa shape index (κ1) is 14.2. The van der Waals surface area contributed by atoms with Crippen LogP contribution in [0.4, 0.5) is 0 Å². The summed E-state index contributed by atoms with van der Waals surface area (Å²) in [6.45, 7) is 7.90. The van der Waals surface area contributed by atoms with Gasteiger partial charge in [-0.15, -0.1) is 0 Å². The molecule has 0 unspecified atom stereocenters. The Balaban J connectivity index is 1.72. The van der Waals surface area contributed by atoms with E-state index in [2.05, 4.69) is 47.1 Å². The van der Waals surface area contributed by atoms with Crippen LogP contribution in [0, 0.1) is 0 Å². The summed E-state index contributed by atoms with van der Waals surface area (Å²) >= 11 is 0. The van der Waals surface area contributed by atoms with E-state index in [-0.39, 0.29) is 0 Å². The van der Waals surface area contributed by atoms with Crippen LogP contribution in [0.25, 0.3) is 0 Å². The highest BCUT2D eigenvalue weighted by Gasteiger charge is 2.18. The number of hydrogen-bond acceptors (Lipinski definition) is 3. The Kier molecular flexibility index (Phi) is 5.55. The number of carbonyl (C=O) groups is 1. The molecule has 2 rings (SSSR count). The number of piperazine rings is 1. The maximum atomic E-state index is 11.6. The van der Waals surface area contributed by atoms with E-state index in [1.165, 1.54) is 5.56 Å². The Bertz CT molecular complexity index is 383. The molecular weight excluding hydrogens is 236 g/mol. The normalized spacial score (nSPS) is 17.5. The maximum Gasteiger partial charge on any atom is 0.146 e. The van der Waals surface area contributed by atoms with Crippen LogP contribution in [-0.2, 0) is 11.3 Å².